The topological polar surface area (TPSA) is 51.0 Å². The van der Waals surface area contributed by atoms with Gasteiger partial charge >= 0.3 is 5.97 Å². The molecule has 0 bridgehead atoms. The number of carbonyl (C=O) groups is 1. The molecule has 0 radical (unpaired) electrons. The molecule has 1 fully saturated rings. The molecule has 0 saturated heterocycles. The Morgan fingerprint density at radius 2 is 2.17 bits per heavy atom. The Bertz CT molecular complexity index is 444. The van der Waals surface area contributed by atoms with E-state index in [-0.39, 0.29) is 24.0 Å². The van der Waals surface area contributed by atoms with Gasteiger partial charge in [0.25, 0.3) is 0 Å². The van der Waals surface area contributed by atoms with E-state index in [0.29, 0.717) is 6.61 Å². The molecule has 1 aromatic rings. The number of benzene rings is 1. The van der Waals surface area contributed by atoms with Crippen LogP contribution in [0.1, 0.15) is 25.8 Å². The van der Waals surface area contributed by atoms with E-state index in [2.05, 4.69) is 29.3 Å². The van der Waals surface area contributed by atoms with Crippen molar-refractivity contribution in [3.63, 3.8) is 0 Å². The molecule has 0 N–H and O–H groups in total. The van der Waals surface area contributed by atoms with Gasteiger partial charge in [0, 0.05) is 5.41 Å². The van der Waals surface area contributed by atoms with E-state index < -0.39 is 0 Å². The van der Waals surface area contributed by atoms with Crippen molar-refractivity contribution in [2.24, 2.45) is 10.2 Å². The standard InChI is InChI=1S/C14H18N2O2/c1-3-18-13(17)10-15-16-12-9-14(12,2)11-7-5-4-6-8-11/h4-8,12H,3,9-10H2,1-2H3/t12-,14-/m1/s1. The summed E-state index contributed by atoms with van der Waals surface area (Å²) >= 11 is 0. The second kappa shape index (κ2) is 5.29. The number of carbonyl (C=O) groups excluding carboxylic acids is 1. The highest BCUT2D eigenvalue weighted by Crippen LogP contribution is 2.50. The average Bonchev–Trinajstić information content (AvgIpc) is 3.03. The number of rotatable bonds is 5. The fourth-order valence-corrected chi connectivity index (χ4v) is 2.04. The molecule has 2 atom stereocenters. The van der Waals surface area contributed by atoms with Crippen molar-refractivity contribution in [1.82, 2.24) is 0 Å². The number of hydrogen-bond acceptors (Lipinski definition) is 4. The number of azo groups is 1. The van der Waals surface area contributed by atoms with Gasteiger partial charge in [-0.1, -0.05) is 37.3 Å². The molecule has 1 saturated carbocycles. The van der Waals surface area contributed by atoms with Crippen LogP contribution in [0.25, 0.3) is 0 Å². The first kappa shape index (κ1) is 12.7. The van der Waals surface area contributed by atoms with Crippen LogP contribution in [0.4, 0.5) is 0 Å². The molecule has 0 aromatic heterocycles. The van der Waals surface area contributed by atoms with Crippen molar-refractivity contribution in [3.8, 4) is 0 Å². The summed E-state index contributed by atoms with van der Waals surface area (Å²) in [6.07, 6.45) is 0.989. The quantitative estimate of drug-likeness (QED) is 0.592. The summed E-state index contributed by atoms with van der Waals surface area (Å²) in [4.78, 5) is 11.1. The van der Waals surface area contributed by atoms with Crippen molar-refractivity contribution in [1.29, 1.82) is 0 Å². The van der Waals surface area contributed by atoms with Gasteiger partial charge in [0.05, 0.1) is 12.6 Å². The van der Waals surface area contributed by atoms with Crippen LogP contribution in [0.2, 0.25) is 0 Å². The van der Waals surface area contributed by atoms with Gasteiger partial charge in [0.2, 0.25) is 0 Å². The van der Waals surface area contributed by atoms with Crippen molar-refractivity contribution in [3.05, 3.63) is 35.9 Å². The first-order valence-electron chi connectivity index (χ1n) is 6.24. The van der Waals surface area contributed by atoms with E-state index in [4.69, 9.17) is 4.74 Å². The summed E-state index contributed by atoms with van der Waals surface area (Å²) in [7, 11) is 0. The highest BCUT2D eigenvalue weighted by molar-refractivity contribution is 5.71. The first-order chi connectivity index (χ1) is 8.66. The Morgan fingerprint density at radius 3 is 2.83 bits per heavy atom. The molecule has 1 aliphatic carbocycles. The molecule has 0 spiro atoms. The van der Waals surface area contributed by atoms with Crippen molar-refractivity contribution >= 4 is 5.97 Å². The molecule has 0 unspecified atom stereocenters. The SMILES string of the molecule is CCOC(=O)CN=N[C@@H]1C[C@]1(C)c1ccccc1. The van der Waals surface area contributed by atoms with Gasteiger partial charge in [-0.05, 0) is 18.9 Å². The van der Waals surface area contributed by atoms with Crippen molar-refractivity contribution in [2.75, 3.05) is 13.2 Å². The second-order valence-corrected chi connectivity index (χ2v) is 4.72. The van der Waals surface area contributed by atoms with Gasteiger partial charge in [0.1, 0.15) is 0 Å². The predicted octanol–water partition coefficient (Wildman–Crippen LogP) is 2.73. The third-order valence-electron chi connectivity index (χ3n) is 3.35. The average molecular weight is 246 g/mol. The van der Waals surface area contributed by atoms with Gasteiger partial charge in [0.15, 0.2) is 6.54 Å². The lowest BCUT2D eigenvalue weighted by atomic mass is 9.98. The lowest BCUT2D eigenvalue weighted by molar-refractivity contribution is -0.141. The summed E-state index contributed by atoms with van der Waals surface area (Å²) in [5, 5.41) is 8.13. The molecule has 1 aliphatic rings. The number of hydrogen-bond donors (Lipinski definition) is 0. The van der Waals surface area contributed by atoms with Gasteiger partial charge in [-0.2, -0.15) is 10.2 Å². The Hall–Kier alpha value is -1.71. The van der Waals surface area contributed by atoms with Crippen LogP contribution in [0, 0.1) is 0 Å². The van der Waals surface area contributed by atoms with E-state index >= 15 is 0 Å². The Kier molecular flexibility index (Phi) is 3.75. The summed E-state index contributed by atoms with van der Waals surface area (Å²) < 4.78 is 4.79. The Balaban J connectivity index is 1.87. The molecular weight excluding hydrogens is 228 g/mol. The van der Waals surface area contributed by atoms with Crippen LogP contribution >= 0.6 is 0 Å². The van der Waals surface area contributed by atoms with Crippen LogP contribution in [-0.2, 0) is 14.9 Å². The molecule has 4 nitrogen and oxygen atoms in total. The van der Waals surface area contributed by atoms with E-state index in [1.54, 1.807) is 6.92 Å². The monoisotopic (exact) mass is 246 g/mol. The maximum absolute atomic E-state index is 11.1. The fourth-order valence-electron chi connectivity index (χ4n) is 2.04. The summed E-state index contributed by atoms with van der Waals surface area (Å²) in [5.41, 5.74) is 1.37. The zero-order valence-electron chi connectivity index (χ0n) is 10.8. The van der Waals surface area contributed by atoms with Crippen LogP contribution in [0.3, 0.4) is 0 Å². The Labute approximate surface area is 107 Å². The smallest absolute Gasteiger partial charge is 0.329 e. The maximum atomic E-state index is 11.1. The number of esters is 1. The van der Waals surface area contributed by atoms with Gasteiger partial charge < -0.3 is 4.74 Å². The molecule has 1 aromatic carbocycles. The summed E-state index contributed by atoms with van der Waals surface area (Å²) in [6.45, 7) is 4.37. The fraction of sp³-hybridized carbons (Fsp3) is 0.500. The molecule has 4 heteroatoms. The van der Waals surface area contributed by atoms with Crippen LogP contribution < -0.4 is 0 Å². The van der Waals surface area contributed by atoms with Crippen molar-refractivity contribution in [2.45, 2.75) is 31.7 Å². The highest BCUT2D eigenvalue weighted by atomic mass is 16.5. The predicted molar refractivity (Wildman–Crippen MR) is 68.6 cm³/mol. The van der Waals surface area contributed by atoms with Gasteiger partial charge in [-0.25, -0.2) is 4.79 Å². The minimum absolute atomic E-state index is 0.0230. The van der Waals surface area contributed by atoms with Crippen LogP contribution in [0.15, 0.2) is 40.6 Å². The Morgan fingerprint density at radius 1 is 1.44 bits per heavy atom. The molecule has 2 rings (SSSR count). The number of ether oxygens (including phenoxy) is 1. The summed E-state index contributed by atoms with van der Waals surface area (Å²) in [5.74, 6) is -0.316. The molecule has 0 heterocycles. The minimum atomic E-state index is -0.316. The van der Waals surface area contributed by atoms with Crippen molar-refractivity contribution < 1.29 is 9.53 Å². The largest absolute Gasteiger partial charge is 0.465 e. The lowest BCUT2D eigenvalue weighted by Gasteiger charge is -2.08. The number of nitrogens with zero attached hydrogens (tertiary/aromatic N) is 2. The zero-order chi connectivity index (χ0) is 13.0. The van der Waals surface area contributed by atoms with E-state index in [9.17, 15) is 4.79 Å². The van der Waals surface area contributed by atoms with Gasteiger partial charge in [-0.3, -0.25) is 0 Å². The van der Waals surface area contributed by atoms with E-state index in [0.717, 1.165) is 6.42 Å². The summed E-state index contributed by atoms with van der Waals surface area (Å²) in [6, 6.07) is 10.5. The first-order valence-corrected chi connectivity index (χ1v) is 6.24. The zero-order valence-corrected chi connectivity index (χ0v) is 10.8. The van der Waals surface area contributed by atoms with Crippen LogP contribution in [-0.4, -0.2) is 25.2 Å². The lowest BCUT2D eigenvalue weighted by Crippen LogP contribution is -2.08. The van der Waals surface area contributed by atoms with Gasteiger partial charge in [-0.15, -0.1) is 0 Å². The molecule has 18 heavy (non-hydrogen) atoms. The second-order valence-electron chi connectivity index (χ2n) is 4.72. The molecule has 96 valence electrons. The third-order valence-corrected chi connectivity index (χ3v) is 3.35. The van der Waals surface area contributed by atoms with E-state index in [1.165, 1.54) is 5.56 Å². The van der Waals surface area contributed by atoms with E-state index in [1.807, 2.05) is 18.2 Å². The third kappa shape index (κ3) is 2.75. The molecule has 0 aliphatic heterocycles. The normalized spacial score (nSPS) is 26.2. The molecular formula is C14H18N2O2. The highest BCUT2D eigenvalue weighted by Gasteiger charge is 2.52. The molecule has 0 amide bonds. The van der Waals surface area contributed by atoms with Crippen LogP contribution in [0.5, 0.6) is 0 Å². The maximum Gasteiger partial charge on any atom is 0.329 e. The minimum Gasteiger partial charge on any atom is -0.465 e.